The molecule has 2 aromatic heterocycles. The van der Waals surface area contributed by atoms with Gasteiger partial charge in [0.2, 0.25) is 0 Å². The first kappa shape index (κ1) is 16.1. The number of amides is 1. The number of aryl methyl sites for hydroxylation is 1. The first-order valence-electron chi connectivity index (χ1n) is 8.14. The fourth-order valence-electron chi connectivity index (χ4n) is 2.90. The van der Waals surface area contributed by atoms with E-state index in [1.807, 2.05) is 35.9 Å². The van der Waals surface area contributed by atoms with Crippen LogP contribution in [0.25, 0.3) is 11.0 Å². The fraction of sp³-hybridized carbons (Fsp3) is 0.100. The lowest BCUT2D eigenvalue weighted by molar-refractivity contribution is 0.0915. The maximum atomic E-state index is 13.3. The molecule has 0 unspecified atom stereocenters. The van der Waals surface area contributed by atoms with Gasteiger partial charge in [-0.25, -0.2) is 9.37 Å². The number of hydrogen-bond donors (Lipinski definition) is 1. The fourth-order valence-corrected chi connectivity index (χ4v) is 2.90. The molecule has 0 aliphatic heterocycles. The summed E-state index contributed by atoms with van der Waals surface area (Å²) >= 11 is 0. The minimum absolute atomic E-state index is 0.215. The summed E-state index contributed by atoms with van der Waals surface area (Å²) in [7, 11) is 1.84. The van der Waals surface area contributed by atoms with Crippen molar-refractivity contribution in [3.05, 3.63) is 90.0 Å². The Labute approximate surface area is 149 Å². The van der Waals surface area contributed by atoms with Crippen molar-refractivity contribution in [1.82, 2.24) is 14.9 Å². The van der Waals surface area contributed by atoms with Crippen molar-refractivity contribution in [3.8, 4) is 0 Å². The maximum absolute atomic E-state index is 13.3. The lowest BCUT2D eigenvalue weighted by Crippen LogP contribution is -2.30. The van der Waals surface area contributed by atoms with E-state index in [4.69, 9.17) is 4.42 Å². The summed E-state index contributed by atoms with van der Waals surface area (Å²) < 4.78 is 20.7. The smallest absolute Gasteiger partial charge is 0.287 e. The second kappa shape index (κ2) is 6.48. The Morgan fingerprint density at radius 2 is 1.96 bits per heavy atom. The number of carbonyl (C=O) groups excluding carboxylic acids is 1. The van der Waals surface area contributed by atoms with Crippen molar-refractivity contribution in [3.63, 3.8) is 0 Å². The van der Waals surface area contributed by atoms with E-state index in [1.54, 1.807) is 30.6 Å². The molecule has 6 heteroatoms. The number of carbonyl (C=O) groups is 1. The number of benzene rings is 2. The molecule has 0 saturated carbocycles. The van der Waals surface area contributed by atoms with Crippen LogP contribution >= 0.6 is 0 Å². The Morgan fingerprint density at radius 1 is 1.19 bits per heavy atom. The van der Waals surface area contributed by atoms with Crippen LogP contribution in [0.2, 0.25) is 0 Å². The molecule has 0 fully saturated rings. The Kier molecular flexibility index (Phi) is 4.01. The average molecular weight is 349 g/mol. The number of halogens is 1. The van der Waals surface area contributed by atoms with E-state index in [2.05, 4.69) is 10.3 Å². The van der Waals surface area contributed by atoms with Crippen molar-refractivity contribution in [2.24, 2.45) is 7.05 Å². The van der Waals surface area contributed by atoms with Gasteiger partial charge < -0.3 is 14.3 Å². The van der Waals surface area contributed by atoms with Gasteiger partial charge in [0.25, 0.3) is 5.91 Å². The second-order valence-electron chi connectivity index (χ2n) is 6.00. The molecule has 0 aliphatic carbocycles. The van der Waals surface area contributed by atoms with Crippen molar-refractivity contribution in [2.75, 3.05) is 0 Å². The lowest BCUT2D eigenvalue weighted by Gasteiger charge is -2.18. The van der Waals surface area contributed by atoms with Crippen LogP contribution < -0.4 is 5.32 Å². The summed E-state index contributed by atoms with van der Waals surface area (Å²) in [6.45, 7) is 0. The van der Waals surface area contributed by atoms with Crippen molar-refractivity contribution < 1.29 is 13.6 Å². The summed E-state index contributed by atoms with van der Waals surface area (Å²) in [6, 6.07) is 14.6. The van der Waals surface area contributed by atoms with Gasteiger partial charge in [0.15, 0.2) is 5.76 Å². The molecule has 4 aromatic rings. The molecule has 2 aromatic carbocycles. The van der Waals surface area contributed by atoms with E-state index in [1.165, 1.54) is 12.1 Å². The van der Waals surface area contributed by atoms with Crippen LogP contribution in [-0.2, 0) is 7.05 Å². The van der Waals surface area contributed by atoms with Crippen LogP contribution in [0.5, 0.6) is 0 Å². The number of imidazole rings is 1. The number of fused-ring (bicyclic) bond motifs is 1. The third kappa shape index (κ3) is 2.97. The van der Waals surface area contributed by atoms with Gasteiger partial charge in [-0.2, -0.15) is 0 Å². The van der Waals surface area contributed by atoms with E-state index in [0.717, 1.165) is 10.9 Å². The van der Waals surface area contributed by atoms with Crippen LogP contribution in [0.4, 0.5) is 4.39 Å². The van der Waals surface area contributed by atoms with Crippen molar-refractivity contribution in [2.45, 2.75) is 6.04 Å². The van der Waals surface area contributed by atoms with E-state index in [-0.39, 0.29) is 17.5 Å². The highest BCUT2D eigenvalue weighted by atomic mass is 19.1. The SMILES string of the molecule is Cn1ccnc1[C@H](NC(=O)c1cc2ccccc2o1)c1ccc(F)cc1. The number of para-hydroxylation sites is 1. The molecule has 1 N–H and O–H groups in total. The second-order valence-corrected chi connectivity index (χ2v) is 6.00. The van der Waals surface area contributed by atoms with Crippen LogP contribution in [0.3, 0.4) is 0 Å². The summed E-state index contributed by atoms with van der Waals surface area (Å²) in [6.07, 6.45) is 3.44. The van der Waals surface area contributed by atoms with Crippen LogP contribution in [0.15, 0.2) is 71.4 Å². The van der Waals surface area contributed by atoms with E-state index in [0.29, 0.717) is 11.4 Å². The van der Waals surface area contributed by atoms with Gasteiger partial charge in [-0.05, 0) is 29.8 Å². The van der Waals surface area contributed by atoms with Gasteiger partial charge in [0, 0.05) is 24.8 Å². The number of nitrogens with zero attached hydrogens (tertiary/aromatic N) is 2. The third-order valence-electron chi connectivity index (χ3n) is 4.24. The molecular weight excluding hydrogens is 333 g/mol. The zero-order valence-corrected chi connectivity index (χ0v) is 14.0. The molecule has 0 saturated heterocycles. The minimum Gasteiger partial charge on any atom is -0.451 e. The van der Waals surface area contributed by atoms with Crippen molar-refractivity contribution >= 4 is 16.9 Å². The Bertz CT molecular complexity index is 1030. The standard InChI is InChI=1S/C20H16FN3O2/c1-24-11-10-22-19(24)18(13-6-8-15(21)9-7-13)23-20(25)17-12-14-4-2-3-5-16(14)26-17/h2-12,18H,1H3,(H,23,25)/t18-/m1/s1. The Balaban J connectivity index is 1.69. The molecule has 2 heterocycles. The van der Waals surface area contributed by atoms with E-state index in [9.17, 15) is 9.18 Å². The van der Waals surface area contributed by atoms with E-state index >= 15 is 0 Å². The van der Waals surface area contributed by atoms with Gasteiger partial charge in [-0.15, -0.1) is 0 Å². The van der Waals surface area contributed by atoms with Crippen LogP contribution in [-0.4, -0.2) is 15.5 Å². The molecule has 4 rings (SSSR count). The summed E-state index contributed by atoms with van der Waals surface area (Å²) in [5.74, 6) is 0.156. The molecule has 5 nitrogen and oxygen atoms in total. The average Bonchev–Trinajstić information content (AvgIpc) is 3.26. The van der Waals surface area contributed by atoms with Crippen LogP contribution in [0.1, 0.15) is 28.0 Å². The minimum atomic E-state index is -0.531. The first-order chi connectivity index (χ1) is 12.6. The monoisotopic (exact) mass is 349 g/mol. The molecule has 1 amide bonds. The molecular formula is C20H16FN3O2. The molecule has 1 atom stereocenters. The maximum Gasteiger partial charge on any atom is 0.287 e. The quantitative estimate of drug-likeness (QED) is 0.609. The molecule has 0 aliphatic rings. The van der Waals surface area contributed by atoms with Gasteiger partial charge in [0.1, 0.15) is 23.3 Å². The van der Waals surface area contributed by atoms with Crippen LogP contribution in [0, 0.1) is 5.82 Å². The predicted molar refractivity (Wildman–Crippen MR) is 95.1 cm³/mol. The number of nitrogens with one attached hydrogen (secondary N) is 1. The van der Waals surface area contributed by atoms with Gasteiger partial charge in [0.05, 0.1) is 0 Å². The molecule has 0 radical (unpaired) electrons. The Morgan fingerprint density at radius 3 is 2.65 bits per heavy atom. The lowest BCUT2D eigenvalue weighted by atomic mass is 10.1. The molecule has 0 spiro atoms. The normalized spacial score (nSPS) is 12.2. The largest absolute Gasteiger partial charge is 0.451 e. The van der Waals surface area contributed by atoms with Gasteiger partial charge >= 0.3 is 0 Å². The topological polar surface area (TPSA) is 60.1 Å². The number of rotatable bonds is 4. The Hall–Kier alpha value is -3.41. The highest BCUT2D eigenvalue weighted by Gasteiger charge is 2.23. The van der Waals surface area contributed by atoms with Gasteiger partial charge in [-0.1, -0.05) is 30.3 Å². The number of hydrogen-bond acceptors (Lipinski definition) is 3. The van der Waals surface area contributed by atoms with Gasteiger partial charge in [-0.3, -0.25) is 4.79 Å². The number of aromatic nitrogens is 2. The van der Waals surface area contributed by atoms with Crippen molar-refractivity contribution in [1.29, 1.82) is 0 Å². The zero-order chi connectivity index (χ0) is 18.1. The predicted octanol–water partition coefficient (Wildman–Crippen LogP) is 3.82. The highest BCUT2D eigenvalue weighted by Crippen LogP contribution is 2.23. The summed E-state index contributed by atoms with van der Waals surface area (Å²) in [5.41, 5.74) is 1.37. The molecule has 130 valence electrons. The van der Waals surface area contributed by atoms with E-state index < -0.39 is 6.04 Å². The number of furan rings is 1. The molecule has 0 bridgehead atoms. The third-order valence-corrected chi connectivity index (χ3v) is 4.24. The summed E-state index contributed by atoms with van der Waals surface area (Å²) in [4.78, 5) is 17.1. The molecule has 26 heavy (non-hydrogen) atoms. The zero-order valence-electron chi connectivity index (χ0n) is 14.0. The highest BCUT2D eigenvalue weighted by molar-refractivity contribution is 5.96. The summed E-state index contributed by atoms with van der Waals surface area (Å²) in [5, 5.41) is 3.79. The first-order valence-corrected chi connectivity index (χ1v) is 8.14.